The van der Waals surface area contributed by atoms with Crippen LogP contribution in [0.5, 0.6) is 0 Å². The monoisotopic (exact) mass is 161 g/mol. The van der Waals surface area contributed by atoms with Gasteiger partial charge in [0.05, 0.1) is 0 Å². The lowest BCUT2D eigenvalue weighted by atomic mass is 10.1. The third-order valence-electron chi connectivity index (χ3n) is 1.74. The highest BCUT2D eigenvalue weighted by Crippen LogP contribution is 2.15. The Balaban J connectivity index is 3.10. The fourth-order valence-corrected chi connectivity index (χ4v) is 1.17. The summed E-state index contributed by atoms with van der Waals surface area (Å²) in [6.07, 6.45) is 2.16. The standard InChI is InChI=1S/C11H15N/c1-8(2)6-10-4-5-11(12)7-9(10)3/h4-7H,12H2,1-3H3. The first-order valence-electron chi connectivity index (χ1n) is 4.10. The van der Waals surface area contributed by atoms with Crippen molar-refractivity contribution in [2.75, 3.05) is 5.73 Å². The van der Waals surface area contributed by atoms with Gasteiger partial charge in [-0.3, -0.25) is 0 Å². The quantitative estimate of drug-likeness (QED) is 0.629. The molecule has 2 N–H and O–H groups in total. The highest BCUT2D eigenvalue weighted by molar-refractivity contribution is 5.59. The summed E-state index contributed by atoms with van der Waals surface area (Å²) in [6.45, 7) is 6.26. The zero-order valence-electron chi connectivity index (χ0n) is 7.89. The zero-order valence-corrected chi connectivity index (χ0v) is 7.89. The second-order valence-corrected chi connectivity index (χ2v) is 3.34. The summed E-state index contributed by atoms with van der Waals surface area (Å²) in [5.74, 6) is 0. The van der Waals surface area contributed by atoms with E-state index in [2.05, 4.69) is 32.9 Å². The molecule has 0 fully saturated rings. The van der Waals surface area contributed by atoms with Crippen molar-refractivity contribution in [2.24, 2.45) is 0 Å². The first kappa shape index (κ1) is 8.85. The molecule has 0 saturated heterocycles. The van der Waals surface area contributed by atoms with E-state index in [1.54, 1.807) is 0 Å². The molecule has 1 nitrogen and oxygen atoms in total. The van der Waals surface area contributed by atoms with Crippen LogP contribution in [0.15, 0.2) is 23.8 Å². The predicted octanol–water partition coefficient (Wildman–Crippen LogP) is 3.00. The second kappa shape index (κ2) is 3.44. The van der Waals surface area contributed by atoms with Crippen LogP contribution in [-0.4, -0.2) is 0 Å². The molecule has 0 bridgehead atoms. The van der Waals surface area contributed by atoms with Crippen LogP contribution in [-0.2, 0) is 0 Å². The zero-order chi connectivity index (χ0) is 9.14. The molecular formula is C11H15N. The minimum Gasteiger partial charge on any atom is -0.399 e. The largest absolute Gasteiger partial charge is 0.399 e. The first-order chi connectivity index (χ1) is 5.59. The average molecular weight is 161 g/mol. The third-order valence-corrected chi connectivity index (χ3v) is 1.74. The summed E-state index contributed by atoms with van der Waals surface area (Å²) < 4.78 is 0. The minimum atomic E-state index is 0.832. The molecule has 1 rings (SSSR count). The van der Waals surface area contributed by atoms with Gasteiger partial charge in [-0.25, -0.2) is 0 Å². The molecule has 0 aromatic heterocycles. The molecule has 12 heavy (non-hydrogen) atoms. The molecule has 1 aromatic rings. The number of nitrogen functional groups attached to an aromatic ring is 1. The van der Waals surface area contributed by atoms with Gasteiger partial charge in [0.2, 0.25) is 0 Å². The molecule has 0 aliphatic heterocycles. The van der Waals surface area contributed by atoms with Crippen LogP contribution < -0.4 is 5.73 Å². The maximum atomic E-state index is 5.64. The first-order valence-corrected chi connectivity index (χ1v) is 4.10. The van der Waals surface area contributed by atoms with E-state index in [0.717, 1.165) is 5.69 Å². The van der Waals surface area contributed by atoms with Gasteiger partial charge in [-0.15, -0.1) is 0 Å². The lowest BCUT2D eigenvalue weighted by molar-refractivity contribution is 1.39. The van der Waals surface area contributed by atoms with Gasteiger partial charge in [-0.05, 0) is 44.0 Å². The van der Waals surface area contributed by atoms with Crippen LogP contribution in [0.3, 0.4) is 0 Å². The van der Waals surface area contributed by atoms with Crippen molar-refractivity contribution in [2.45, 2.75) is 20.8 Å². The van der Waals surface area contributed by atoms with Gasteiger partial charge in [0.1, 0.15) is 0 Å². The topological polar surface area (TPSA) is 26.0 Å². The summed E-state index contributed by atoms with van der Waals surface area (Å²) in [6, 6.07) is 5.98. The predicted molar refractivity (Wildman–Crippen MR) is 54.9 cm³/mol. The van der Waals surface area contributed by atoms with Crippen molar-refractivity contribution in [1.29, 1.82) is 0 Å². The van der Waals surface area contributed by atoms with Crippen LogP contribution in [0.25, 0.3) is 6.08 Å². The Hall–Kier alpha value is -1.24. The van der Waals surface area contributed by atoms with Crippen LogP contribution in [0.4, 0.5) is 5.69 Å². The molecule has 0 radical (unpaired) electrons. The number of nitrogens with two attached hydrogens (primary N) is 1. The van der Waals surface area contributed by atoms with Gasteiger partial charge >= 0.3 is 0 Å². The third kappa shape index (κ3) is 2.12. The summed E-state index contributed by atoms with van der Waals surface area (Å²) in [4.78, 5) is 0. The molecule has 0 aliphatic rings. The fourth-order valence-electron chi connectivity index (χ4n) is 1.17. The Morgan fingerprint density at radius 2 is 2.00 bits per heavy atom. The van der Waals surface area contributed by atoms with Crippen molar-refractivity contribution in [3.05, 3.63) is 34.9 Å². The molecule has 1 aromatic carbocycles. The van der Waals surface area contributed by atoms with Crippen LogP contribution in [0.1, 0.15) is 25.0 Å². The van der Waals surface area contributed by atoms with Crippen molar-refractivity contribution in [3.8, 4) is 0 Å². The van der Waals surface area contributed by atoms with E-state index in [0.29, 0.717) is 0 Å². The van der Waals surface area contributed by atoms with Gasteiger partial charge in [-0.2, -0.15) is 0 Å². The molecule has 0 atom stereocenters. The SMILES string of the molecule is CC(C)=Cc1ccc(N)cc1C. The van der Waals surface area contributed by atoms with E-state index in [4.69, 9.17) is 5.73 Å². The molecule has 0 aliphatic carbocycles. The number of benzene rings is 1. The number of rotatable bonds is 1. The molecule has 0 amide bonds. The molecule has 64 valence electrons. The van der Waals surface area contributed by atoms with Crippen molar-refractivity contribution < 1.29 is 0 Å². The molecule has 0 heterocycles. The second-order valence-electron chi connectivity index (χ2n) is 3.34. The van der Waals surface area contributed by atoms with Gasteiger partial charge in [-0.1, -0.05) is 17.7 Å². The normalized spacial score (nSPS) is 9.58. The fraction of sp³-hybridized carbons (Fsp3) is 0.273. The van der Waals surface area contributed by atoms with Crippen LogP contribution in [0, 0.1) is 6.92 Å². The van der Waals surface area contributed by atoms with Crippen molar-refractivity contribution in [1.82, 2.24) is 0 Å². The lowest BCUT2D eigenvalue weighted by Gasteiger charge is -2.01. The van der Waals surface area contributed by atoms with E-state index < -0.39 is 0 Å². The van der Waals surface area contributed by atoms with Crippen LogP contribution >= 0.6 is 0 Å². The number of allylic oxidation sites excluding steroid dienone is 1. The molecule has 0 unspecified atom stereocenters. The number of anilines is 1. The van der Waals surface area contributed by atoms with E-state index in [-0.39, 0.29) is 0 Å². The summed E-state index contributed by atoms with van der Waals surface area (Å²) >= 11 is 0. The van der Waals surface area contributed by atoms with E-state index in [9.17, 15) is 0 Å². The van der Waals surface area contributed by atoms with Gasteiger partial charge in [0, 0.05) is 5.69 Å². The Kier molecular flexibility index (Phi) is 2.54. The molecule has 1 heteroatoms. The Morgan fingerprint density at radius 1 is 1.33 bits per heavy atom. The smallest absolute Gasteiger partial charge is 0.0317 e. The van der Waals surface area contributed by atoms with E-state index >= 15 is 0 Å². The number of hydrogen-bond donors (Lipinski definition) is 1. The molecule has 0 saturated carbocycles. The average Bonchev–Trinajstić information content (AvgIpc) is 1.94. The van der Waals surface area contributed by atoms with E-state index in [1.807, 2.05) is 12.1 Å². The number of hydrogen-bond acceptors (Lipinski definition) is 1. The molecular weight excluding hydrogens is 146 g/mol. The van der Waals surface area contributed by atoms with Crippen molar-refractivity contribution >= 4 is 11.8 Å². The Morgan fingerprint density at radius 3 is 2.50 bits per heavy atom. The van der Waals surface area contributed by atoms with Gasteiger partial charge < -0.3 is 5.73 Å². The molecule has 0 spiro atoms. The maximum Gasteiger partial charge on any atom is 0.0317 e. The minimum absolute atomic E-state index is 0.832. The lowest BCUT2D eigenvalue weighted by Crippen LogP contribution is -1.87. The highest BCUT2D eigenvalue weighted by Gasteiger charge is 1.94. The Bertz CT molecular complexity index is 307. The Labute approximate surface area is 73.9 Å². The maximum absolute atomic E-state index is 5.64. The van der Waals surface area contributed by atoms with Crippen molar-refractivity contribution in [3.63, 3.8) is 0 Å². The highest BCUT2D eigenvalue weighted by atomic mass is 14.5. The summed E-state index contributed by atoms with van der Waals surface area (Å²) in [5, 5.41) is 0. The number of aryl methyl sites for hydroxylation is 1. The summed E-state index contributed by atoms with van der Waals surface area (Å²) in [7, 11) is 0. The van der Waals surface area contributed by atoms with Crippen LogP contribution in [0.2, 0.25) is 0 Å². The van der Waals surface area contributed by atoms with E-state index in [1.165, 1.54) is 16.7 Å². The summed E-state index contributed by atoms with van der Waals surface area (Å²) in [5.41, 5.74) is 10.3. The van der Waals surface area contributed by atoms with Gasteiger partial charge in [0.25, 0.3) is 0 Å². The van der Waals surface area contributed by atoms with Gasteiger partial charge in [0.15, 0.2) is 0 Å².